The second-order valence-corrected chi connectivity index (χ2v) is 4.71. The van der Waals surface area contributed by atoms with Crippen molar-refractivity contribution in [3.8, 4) is 17.2 Å². The number of nitrogens with two attached hydrogens (primary N) is 1. The van der Waals surface area contributed by atoms with Gasteiger partial charge in [0, 0.05) is 17.8 Å². The third kappa shape index (κ3) is 2.63. The summed E-state index contributed by atoms with van der Waals surface area (Å²) in [6.45, 7) is 0. The lowest BCUT2D eigenvalue weighted by atomic mass is 10.2. The summed E-state index contributed by atoms with van der Waals surface area (Å²) in [5.41, 5.74) is 8.34. The molecule has 2 heterocycles. The van der Waals surface area contributed by atoms with Crippen LogP contribution in [0.25, 0.3) is 22.6 Å². The zero-order valence-electron chi connectivity index (χ0n) is 11.2. The predicted molar refractivity (Wildman–Crippen MR) is 84.2 cm³/mol. The average Bonchev–Trinajstić information content (AvgIpc) is 2.90. The highest BCUT2D eigenvalue weighted by Crippen LogP contribution is 2.31. The van der Waals surface area contributed by atoms with Crippen LogP contribution in [0.2, 0.25) is 0 Å². The number of nitrogens with zero attached hydrogens (tertiary/aromatic N) is 2. The normalized spacial score (nSPS) is 10.5. The van der Waals surface area contributed by atoms with Gasteiger partial charge in [0.2, 0.25) is 5.89 Å². The van der Waals surface area contributed by atoms with Crippen LogP contribution >= 0.6 is 12.2 Å². The minimum absolute atomic E-state index is 0.159. The van der Waals surface area contributed by atoms with Crippen LogP contribution in [0.5, 0.6) is 5.75 Å². The van der Waals surface area contributed by atoms with E-state index in [2.05, 4.69) is 15.3 Å². The van der Waals surface area contributed by atoms with E-state index in [4.69, 9.17) is 27.1 Å². The van der Waals surface area contributed by atoms with Crippen LogP contribution in [0.4, 0.5) is 5.69 Å². The van der Waals surface area contributed by atoms with E-state index in [9.17, 15) is 0 Å². The maximum Gasteiger partial charge on any atom is 0.227 e. The van der Waals surface area contributed by atoms with Crippen molar-refractivity contribution in [3.63, 3.8) is 0 Å². The fraction of sp³-hybridized carbons (Fsp3) is 0.0714. The second kappa shape index (κ2) is 5.37. The van der Waals surface area contributed by atoms with E-state index in [1.54, 1.807) is 31.6 Å². The molecule has 3 aromatic rings. The number of fused-ring (bicyclic) bond motifs is 1. The number of aromatic nitrogens is 2. The third-order valence-corrected chi connectivity index (χ3v) is 3.00. The highest BCUT2D eigenvalue weighted by Gasteiger charge is 2.11. The monoisotopic (exact) mass is 300 g/mol. The molecule has 0 bridgehead atoms. The molecule has 7 heteroatoms. The fourth-order valence-electron chi connectivity index (χ4n) is 1.97. The summed E-state index contributed by atoms with van der Waals surface area (Å²) in [4.78, 5) is 8.41. The lowest BCUT2D eigenvalue weighted by Crippen LogP contribution is -2.19. The third-order valence-electron chi connectivity index (χ3n) is 2.89. The van der Waals surface area contributed by atoms with Gasteiger partial charge in [-0.2, -0.15) is 0 Å². The summed E-state index contributed by atoms with van der Waals surface area (Å²) in [6.07, 6.45) is 3.31. The number of oxazole rings is 1. The van der Waals surface area contributed by atoms with Crippen LogP contribution in [-0.4, -0.2) is 22.2 Å². The van der Waals surface area contributed by atoms with Crippen molar-refractivity contribution in [2.24, 2.45) is 5.73 Å². The summed E-state index contributed by atoms with van der Waals surface area (Å²) in [7, 11) is 1.57. The van der Waals surface area contributed by atoms with E-state index in [0.29, 0.717) is 28.4 Å². The van der Waals surface area contributed by atoms with Gasteiger partial charge in [-0.05, 0) is 30.4 Å². The summed E-state index contributed by atoms with van der Waals surface area (Å²) in [6, 6.07) is 7.23. The molecule has 0 aliphatic heterocycles. The van der Waals surface area contributed by atoms with Gasteiger partial charge in [-0.3, -0.25) is 4.98 Å². The van der Waals surface area contributed by atoms with Crippen molar-refractivity contribution < 1.29 is 9.15 Å². The number of hydrogen-bond donors (Lipinski definition) is 2. The van der Waals surface area contributed by atoms with E-state index >= 15 is 0 Å². The summed E-state index contributed by atoms with van der Waals surface area (Å²) >= 11 is 4.86. The molecule has 0 atom stereocenters. The SMILES string of the molecule is COc1ccc(-c2nc3cnccc3o2)cc1NC(N)=S. The molecule has 0 aliphatic rings. The number of ether oxygens (including phenoxy) is 1. The fourth-order valence-corrected chi connectivity index (χ4v) is 2.08. The Kier molecular flexibility index (Phi) is 3.41. The highest BCUT2D eigenvalue weighted by molar-refractivity contribution is 7.80. The van der Waals surface area contributed by atoms with Crippen LogP contribution < -0.4 is 15.8 Å². The Morgan fingerprint density at radius 1 is 1.38 bits per heavy atom. The molecule has 2 aromatic heterocycles. The number of rotatable bonds is 3. The van der Waals surface area contributed by atoms with Gasteiger partial charge in [-0.1, -0.05) is 0 Å². The van der Waals surface area contributed by atoms with Crippen molar-refractivity contribution >= 4 is 34.1 Å². The Balaban J connectivity index is 2.07. The van der Waals surface area contributed by atoms with Gasteiger partial charge >= 0.3 is 0 Å². The Labute approximate surface area is 125 Å². The van der Waals surface area contributed by atoms with Crippen molar-refractivity contribution in [1.82, 2.24) is 9.97 Å². The Hall–Kier alpha value is -2.67. The van der Waals surface area contributed by atoms with Crippen LogP contribution in [-0.2, 0) is 0 Å². The molecule has 0 radical (unpaired) electrons. The van der Waals surface area contributed by atoms with Gasteiger partial charge in [-0.15, -0.1) is 0 Å². The van der Waals surface area contributed by atoms with Crippen LogP contribution in [0.1, 0.15) is 0 Å². The standard InChI is InChI=1S/C14H12N4O2S/c1-19-11-3-2-8(6-9(11)18-14(15)21)13-17-10-7-16-5-4-12(10)20-13/h2-7H,1H3,(H3,15,18,21). The van der Waals surface area contributed by atoms with Gasteiger partial charge in [0.05, 0.1) is 19.0 Å². The number of anilines is 1. The summed E-state index contributed by atoms with van der Waals surface area (Å²) in [5.74, 6) is 1.12. The number of methoxy groups -OCH3 is 1. The Morgan fingerprint density at radius 3 is 2.95 bits per heavy atom. The molecular weight excluding hydrogens is 288 g/mol. The highest BCUT2D eigenvalue weighted by atomic mass is 32.1. The topological polar surface area (TPSA) is 86.2 Å². The smallest absolute Gasteiger partial charge is 0.227 e. The van der Waals surface area contributed by atoms with Crippen LogP contribution in [0, 0.1) is 0 Å². The summed E-state index contributed by atoms with van der Waals surface area (Å²) < 4.78 is 11.0. The molecule has 0 saturated heterocycles. The molecule has 106 valence electrons. The molecule has 0 aliphatic carbocycles. The quantitative estimate of drug-likeness (QED) is 0.719. The van der Waals surface area contributed by atoms with Gasteiger partial charge in [0.1, 0.15) is 11.3 Å². The first-order valence-corrected chi connectivity index (χ1v) is 6.53. The molecular formula is C14H12N4O2S. The summed E-state index contributed by atoms with van der Waals surface area (Å²) in [5, 5.41) is 3.03. The Bertz CT molecular complexity index is 783. The van der Waals surface area contributed by atoms with Crippen molar-refractivity contribution in [1.29, 1.82) is 0 Å². The largest absolute Gasteiger partial charge is 0.495 e. The molecule has 6 nitrogen and oxygen atoms in total. The van der Waals surface area contributed by atoms with Gasteiger partial charge in [0.15, 0.2) is 10.7 Å². The first-order valence-electron chi connectivity index (χ1n) is 6.13. The maximum absolute atomic E-state index is 5.70. The van der Waals surface area contributed by atoms with E-state index in [1.165, 1.54) is 0 Å². The van der Waals surface area contributed by atoms with Crippen molar-refractivity contribution in [3.05, 3.63) is 36.7 Å². The van der Waals surface area contributed by atoms with Crippen LogP contribution in [0.15, 0.2) is 41.1 Å². The van der Waals surface area contributed by atoms with Crippen LogP contribution in [0.3, 0.4) is 0 Å². The van der Waals surface area contributed by atoms with Gasteiger partial charge in [-0.25, -0.2) is 4.98 Å². The second-order valence-electron chi connectivity index (χ2n) is 4.27. The lowest BCUT2D eigenvalue weighted by molar-refractivity contribution is 0.417. The molecule has 0 amide bonds. The number of nitrogens with one attached hydrogen (secondary N) is 1. The first kappa shape index (κ1) is 13.3. The molecule has 0 fully saturated rings. The number of hydrogen-bond acceptors (Lipinski definition) is 5. The zero-order valence-corrected chi connectivity index (χ0v) is 12.0. The van der Waals surface area contributed by atoms with Gasteiger partial charge in [0.25, 0.3) is 0 Å². The molecule has 0 unspecified atom stereocenters. The van der Waals surface area contributed by atoms with Crippen molar-refractivity contribution in [2.75, 3.05) is 12.4 Å². The van der Waals surface area contributed by atoms with E-state index in [-0.39, 0.29) is 5.11 Å². The predicted octanol–water partition coefficient (Wildman–Crippen LogP) is 2.55. The molecule has 3 rings (SSSR count). The molecule has 0 spiro atoms. The number of thiocarbonyl (C=S) groups is 1. The van der Waals surface area contributed by atoms with Gasteiger partial charge < -0.3 is 20.2 Å². The van der Waals surface area contributed by atoms with E-state index < -0.39 is 0 Å². The molecule has 1 aromatic carbocycles. The van der Waals surface area contributed by atoms with E-state index in [1.807, 2.05) is 12.1 Å². The molecule has 3 N–H and O–H groups in total. The average molecular weight is 300 g/mol. The minimum Gasteiger partial charge on any atom is -0.495 e. The first-order chi connectivity index (χ1) is 10.2. The molecule has 0 saturated carbocycles. The number of benzene rings is 1. The van der Waals surface area contributed by atoms with E-state index in [0.717, 1.165) is 5.56 Å². The lowest BCUT2D eigenvalue weighted by Gasteiger charge is -2.10. The maximum atomic E-state index is 5.70. The molecule has 21 heavy (non-hydrogen) atoms. The number of pyridine rings is 1. The van der Waals surface area contributed by atoms with Crippen molar-refractivity contribution in [2.45, 2.75) is 0 Å². The zero-order chi connectivity index (χ0) is 14.8. The Morgan fingerprint density at radius 2 is 2.24 bits per heavy atom. The minimum atomic E-state index is 0.159.